The lowest BCUT2D eigenvalue weighted by Crippen LogP contribution is -2.41. The van der Waals surface area contributed by atoms with E-state index in [1.54, 1.807) is 53.0 Å². The van der Waals surface area contributed by atoms with E-state index >= 15 is 0 Å². The molecule has 13 heteroatoms. The number of alkyl halides is 2. The molecule has 224 valence electrons. The molecule has 1 fully saturated rings. The van der Waals surface area contributed by atoms with Crippen molar-refractivity contribution in [2.45, 2.75) is 37.5 Å². The molecule has 0 bridgehead atoms. The lowest BCUT2D eigenvalue weighted by Gasteiger charge is -2.35. The van der Waals surface area contributed by atoms with Crippen molar-refractivity contribution in [3.63, 3.8) is 0 Å². The number of fused-ring (bicyclic) bond motifs is 2. The van der Waals surface area contributed by atoms with Crippen molar-refractivity contribution >= 4 is 34.8 Å². The summed E-state index contributed by atoms with van der Waals surface area (Å²) in [7, 11) is 0. The van der Waals surface area contributed by atoms with Crippen LogP contribution in [0.2, 0.25) is 5.02 Å². The van der Waals surface area contributed by atoms with Crippen molar-refractivity contribution in [3.8, 4) is 17.3 Å². The zero-order chi connectivity index (χ0) is 30.8. The van der Waals surface area contributed by atoms with Gasteiger partial charge in [0.05, 0.1) is 16.3 Å². The van der Waals surface area contributed by atoms with Gasteiger partial charge in [-0.2, -0.15) is 0 Å². The van der Waals surface area contributed by atoms with Crippen molar-refractivity contribution in [3.05, 3.63) is 94.3 Å². The zero-order valence-electron chi connectivity index (χ0n) is 23.4. The normalized spacial score (nSPS) is 19.3. The summed E-state index contributed by atoms with van der Waals surface area (Å²) in [6, 6.07) is 10.6. The van der Waals surface area contributed by atoms with Gasteiger partial charge >= 0.3 is 0 Å². The first-order chi connectivity index (χ1) is 21.0. The number of phenolic OH excluding ortho intramolecular Hbond substituents is 1. The molecule has 0 aliphatic carbocycles. The van der Waals surface area contributed by atoms with Crippen LogP contribution in [0.5, 0.6) is 5.75 Å². The third kappa shape index (κ3) is 4.69. The number of hydrogen-bond acceptors (Lipinski definition) is 7. The number of amides is 1. The predicted octanol–water partition coefficient (Wildman–Crippen LogP) is 5.77. The van der Waals surface area contributed by atoms with E-state index in [4.69, 9.17) is 26.6 Å². The molecule has 1 amide bonds. The molecule has 44 heavy (non-hydrogen) atoms. The number of nitrogens with one attached hydrogen (secondary N) is 1. The highest BCUT2D eigenvalue weighted by molar-refractivity contribution is 6.32. The molecule has 1 saturated heterocycles. The Bertz CT molecular complexity index is 1940. The van der Waals surface area contributed by atoms with Crippen molar-refractivity contribution in [2.24, 2.45) is 0 Å². The minimum atomic E-state index is -2.81. The van der Waals surface area contributed by atoms with E-state index in [0.717, 1.165) is 5.56 Å². The van der Waals surface area contributed by atoms with Crippen LogP contribution in [0.4, 0.5) is 24.8 Å². The standard InChI is InChI=1S/C31H25ClF3N7O2/c1-30(18-4-7-20(32)23(43)15-18)24-26(40-29(30)44)38-25(39-28(24)41-11-8-31(34,35)9-12-41)22-16-42-13-10-36-27(42)21(37-22)14-17-2-5-19(33)6-3-17/h2-7,10,13,15-16,43H,8-9,11-12,14H2,1H3,(H,38,39,40,44)/t30-/m1/s1. The summed E-state index contributed by atoms with van der Waals surface area (Å²) in [5.74, 6) is -3.05. The van der Waals surface area contributed by atoms with Gasteiger partial charge in [-0.25, -0.2) is 33.1 Å². The molecule has 5 heterocycles. The van der Waals surface area contributed by atoms with Crippen LogP contribution in [0, 0.1) is 5.82 Å². The van der Waals surface area contributed by atoms with Gasteiger partial charge in [0.15, 0.2) is 11.5 Å². The number of carbonyl (C=O) groups is 1. The van der Waals surface area contributed by atoms with Gasteiger partial charge in [0.1, 0.15) is 34.3 Å². The first-order valence-corrected chi connectivity index (χ1v) is 14.3. The maximum absolute atomic E-state index is 14.2. The fraction of sp³-hybridized carbons (Fsp3) is 0.258. The van der Waals surface area contributed by atoms with Gasteiger partial charge in [-0.1, -0.05) is 29.8 Å². The highest BCUT2D eigenvalue weighted by Gasteiger charge is 2.49. The molecule has 9 nitrogen and oxygen atoms in total. The number of anilines is 2. The van der Waals surface area contributed by atoms with Crippen molar-refractivity contribution in [2.75, 3.05) is 23.3 Å². The van der Waals surface area contributed by atoms with E-state index in [0.29, 0.717) is 40.4 Å². The Hall–Kier alpha value is -4.71. The summed E-state index contributed by atoms with van der Waals surface area (Å²) >= 11 is 6.06. The summed E-state index contributed by atoms with van der Waals surface area (Å²) in [6.07, 6.45) is 4.69. The molecular formula is C31H25ClF3N7O2. The van der Waals surface area contributed by atoms with E-state index in [2.05, 4.69) is 10.3 Å². The van der Waals surface area contributed by atoms with Crippen molar-refractivity contribution in [1.82, 2.24) is 24.3 Å². The summed E-state index contributed by atoms with van der Waals surface area (Å²) in [5.41, 5.74) is 1.87. The van der Waals surface area contributed by atoms with E-state index in [9.17, 15) is 23.1 Å². The number of phenols is 1. The molecule has 0 saturated carbocycles. The number of aromatic hydroxyl groups is 1. The number of halogens is 4. The molecule has 0 radical (unpaired) electrons. The van der Waals surface area contributed by atoms with E-state index < -0.39 is 17.2 Å². The van der Waals surface area contributed by atoms with Crippen LogP contribution in [0.3, 0.4) is 0 Å². The van der Waals surface area contributed by atoms with Gasteiger partial charge in [0, 0.05) is 50.9 Å². The molecule has 2 aromatic carbocycles. The average Bonchev–Trinajstić information content (AvgIpc) is 3.58. The maximum Gasteiger partial charge on any atom is 0.251 e. The van der Waals surface area contributed by atoms with Gasteiger partial charge in [0.2, 0.25) is 5.91 Å². The number of piperidine rings is 1. The van der Waals surface area contributed by atoms with E-state index in [1.807, 2.05) is 0 Å². The minimum Gasteiger partial charge on any atom is -0.506 e. The van der Waals surface area contributed by atoms with Crippen LogP contribution >= 0.6 is 11.6 Å². The number of rotatable bonds is 5. The number of aromatic nitrogens is 5. The second-order valence-corrected chi connectivity index (χ2v) is 11.6. The minimum absolute atomic E-state index is 0.00975. The summed E-state index contributed by atoms with van der Waals surface area (Å²) < 4.78 is 43.8. The van der Waals surface area contributed by atoms with Gasteiger partial charge in [-0.05, 0) is 42.3 Å². The molecule has 0 unspecified atom stereocenters. The van der Waals surface area contributed by atoms with Crippen LogP contribution in [0.15, 0.2) is 61.1 Å². The number of carbonyl (C=O) groups excluding carboxylic acids is 1. The Labute approximate surface area is 254 Å². The molecule has 2 aliphatic rings. The summed E-state index contributed by atoms with van der Waals surface area (Å²) in [6.45, 7) is 1.70. The average molecular weight is 620 g/mol. The van der Waals surface area contributed by atoms with Gasteiger partial charge < -0.3 is 19.7 Å². The largest absolute Gasteiger partial charge is 0.506 e. The second kappa shape index (κ2) is 10.2. The van der Waals surface area contributed by atoms with Crippen molar-refractivity contribution in [1.29, 1.82) is 0 Å². The number of benzene rings is 2. The fourth-order valence-corrected chi connectivity index (χ4v) is 5.97. The fourth-order valence-electron chi connectivity index (χ4n) is 5.85. The Kier molecular flexibility index (Phi) is 6.50. The molecule has 2 aliphatic heterocycles. The van der Waals surface area contributed by atoms with Gasteiger partial charge in [-0.15, -0.1) is 0 Å². The highest BCUT2D eigenvalue weighted by Crippen LogP contribution is 2.48. The number of imidazole rings is 1. The predicted molar refractivity (Wildman–Crippen MR) is 158 cm³/mol. The maximum atomic E-state index is 14.2. The Morgan fingerprint density at radius 1 is 1.07 bits per heavy atom. The van der Waals surface area contributed by atoms with Crippen LogP contribution in [-0.4, -0.2) is 54.4 Å². The Morgan fingerprint density at radius 3 is 2.55 bits per heavy atom. The van der Waals surface area contributed by atoms with E-state index in [1.165, 1.54) is 24.3 Å². The topological polar surface area (TPSA) is 109 Å². The molecule has 2 N–H and O–H groups in total. The van der Waals surface area contributed by atoms with E-state index in [-0.39, 0.29) is 54.2 Å². The third-order valence-corrected chi connectivity index (χ3v) is 8.67. The van der Waals surface area contributed by atoms with Crippen molar-refractivity contribution < 1.29 is 23.1 Å². The second-order valence-electron chi connectivity index (χ2n) is 11.2. The molecule has 0 spiro atoms. The lowest BCUT2D eigenvalue weighted by molar-refractivity contribution is -0.119. The number of nitrogens with zero attached hydrogens (tertiary/aromatic N) is 6. The van der Waals surface area contributed by atoms with Gasteiger partial charge in [-0.3, -0.25) is 4.79 Å². The first-order valence-electron chi connectivity index (χ1n) is 13.9. The van der Waals surface area contributed by atoms with Crippen LogP contribution in [0.1, 0.15) is 42.1 Å². The number of hydrogen-bond donors (Lipinski definition) is 2. The van der Waals surface area contributed by atoms with Crippen LogP contribution < -0.4 is 10.2 Å². The van der Waals surface area contributed by atoms with Gasteiger partial charge in [0.25, 0.3) is 5.92 Å². The lowest BCUT2D eigenvalue weighted by atomic mass is 9.77. The molecule has 5 aromatic rings. The monoisotopic (exact) mass is 619 g/mol. The Balaban J connectivity index is 1.39. The smallest absolute Gasteiger partial charge is 0.251 e. The highest BCUT2D eigenvalue weighted by atomic mass is 35.5. The molecule has 3 aromatic heterocycles. The van der Waals surface area contributed by atoms with Crippen LogP contribution in [-0.2, 0) is 16.6 Å². The molecule has 7 rings (SSSR count). The third-order valence-electron chi connectivity index (χ3n) is 8.35. The Morgan fingerprint density at radius 2 is 1.82 bits per heavy atom. The SMILES string of the molecule is C[C@]1(c2ccc(Cl)c(O)c2)C(=O)Nc2nc(-c3cn4ccnc4c(Cc4ccc(F)cc4)n3)nc(N3CCC(F)(F)CC3)c21. The van der Waals surface area contributed by atoms with Crippen LogP contribution in [0.25, 0.3) is 17.2 Å². The molecule has 1 atom stereocenters. The zero-order valence-corrected chi connectivity index (χ0v) is 24.1. The summed E-state index contributed by atoms with van der Waals surface area (Å²) in [4.78, 5) is 34.3. The molecular weight excluding hydrogens is 595 g/mol. The summed E-state index contributed by atoms with van der Waals surface area (Å²) in [5, 5.41) is 13.3. The quantitative estimate of drug-likeness (QED) is 0.257. The first kappa shape index (κ1) is 28.1.